The zero-order valence-corrected chi connectivity index (χ0v) is 24.7. The Hall–Kier alpha value is -6.33. The number of para-hydroxylation sites is 1. The number of benzene rings is 5. The summed E-state index contributed by atoms with van der Waals surface area (Å²) in [5, 5.41) is 5.33. The largest absolute Gasteiger partial charge is 0.254 e. The van der Waals surface area contributed by atoms with Crippen LogP contribution in [0.3, 0.4) is 0 Å². The smallest absolute Gasteiger partial charge is 0.160 e. The lowest BCUT2D eigenvalue weighted by molar-refractivity contribution is 1.18. The second kappa shape index (κ2) is 10.7. The van der Waals surface area contributed by atoms with Crippen LogP contribution in [0.5, 0.6) is 0 Å². The summed E-state index contributed by atoms with van der Waals surface area (Å²) < 4.78 is 0. The standard InChI is InChI=1S/C41H25N5/c1-3-10-26(11-4-1)35-24-36(46-41(45-35)30-12-5-2-6-13-30)27-17-19-29(20-18-27)38-37-32-22-21-28-14-9-23-42-39(28)40(32)43-25-33(37)31-15-7-8-16-34(31)44-38/h1-25H. The van der Waals surface area contributed by atoms with Crippen molar-refractivity contribution in [3.8, 4) is 45.2 Å². The number of hydrogen-bond acceptors (Lipinski definition) is 5. The van der Waals surface area contributed by atoms with Crippen molar-refractivity contribution in [3.05, 3.63) is 152 Å². The predicted molar refractivity (Wildman–Crippen MR) is 187 cm³/mol. The number of rotatable bonds is 4. The van der Waals surface area contributed by atoms with E-state index < -0.39 is 0 Å². The van der Waals surface area contributed by atoms with E-state index in [1.165, 1.54) is 0 Å². The van der Waals surface area contributed by atoms with E-state index in [9.17, 15) is 0 Å². The van der Waals surface area contributed by atoms with Gasteiger partial charge < -0.3 is 0 Å². The molecule has 214 valence electrons. The van der Waals surface area contributed by atoms with Crippen LogP contribution in [0.1, 0.15) is 0 Å². The monoisotopic (exact) mass is 587 g/mol. The second-order valence-electron chi connectivity index (χ2n) is 11.3. The molecule has 5 aromatic carbocycles. The summed E-state index contributed by atoms with van der Waals surface area (Å²) in [5.41, 5.74) is 9.43. The molecule has 4 heterocycles. The van der Waals surface area contributed by atoms with Gasteiger partial charge in [0, 0.05) is 61.6 Å². The minimum absolute atomic E-state index is 0.697. The van der Waals surface area contributed by atoms with Crippen LogP contribution in [-0.4, -0.2) is 24.9 Å². The molecule has 0 saturated carbocycles. The molecule has 0 fully saturated rings. The molecule has 5 nitrogen and oxygen atoms in total. The lowest BCUT2D eigenvalue weighted by Gasteiger charge is -2.14. The molecule has 46 heavy (non-hydrogen) atoms. The molecule has 0 spiro atoms. The second-order valence-corrected chi connectivity index (χ2v) is 11.3. The quantitative estimate of drug-likeness (QED) is 0.192. The summed E-state index contributed by atoms with van der Waals surface area (Å²) in [6, 6.07) is 47.6. The van der Waals surface area contributed by atoms with E-state index in [2.05, 4.69) is 83.8 Å². The van der Waals surface area contributed by atoms with Crippen molar-refractivity contribution < 1.29 is 0 Å². The first-order valence-electron chi connectivity index (χ1n) is 15.3. The number of fused-ring (bicyclic) bond motifs is 7. The number of hydrogen-bond donors (Lipinski definition) is 0. The van der Waals surface area contributed by atoms with E-state index in [1.54, 1.807) is 0 Å². The topological polar surface area (TPSA) is 64.5 Å². The highest BCUT2D eigenvalue weighted by atomic mass is 14.9. The average molecular weight is 588 g/mol. The Kier molecular flexibility index (Phi) is 6.06. The van der Waals surface area contributed by atoms with Gasteiger partial charge in [0.1, 0.15) is 0 Å². The van der Waals surface area contributed by atoms with Crippen LogP contribution in [-0.2, 0) is 0 Å². The molecule has 0 radical (unpaired) electrons. The molecule has 4 aromatic heterocycles. The van der Waals surface area contributed by atoms with Crippen LogP contribution in [0.15, 0.2) is 152 Å². The Labute approximate surface area is 264 Å². The van der Waals surface area contributed by atoms with Crippen molar-refractivity contribution in [2.24, 2.45) is 0 Å². The van der Waals surface area contributed by atoms with Gasteiger partial charge in [0.15, 0.2) is 5.82 Å². The molecule has 9 rings (SSSR count). The zero-order valence-electron chi connectivity index (χ0n) is 24.7. The third-order valence-corrected chi connectivity index (χ3v) is 8.55. The van der Waals surface area contributed by atoms with Gasteiger partial charge in [0.25, 0.3) is 0 Å². The summed E-state index contributed by atoms with van der Waals surface area (Å²) in [4.78, 5) is 24.8. The first-order chi connectivity index (χ1) is 22.8. The third kappa shape index (κ3) is 4.37. The van der Waals surface area contributed by atoms with Crippen molar-refractivity contribution in [1.82, 2.24) is 24.9 Å². The van der Waals surface area contributed by atoms with Crippen LogP contribution in [0, 0.1) is 0 Å². The summed E-state index contributed by atoms with van der Waals surface area (Å²) >= 11 is 0. The Morgan fingerprint density at radius 3 is 1.87 bits per heavy atom. The van der Waals surface area contributed by atoms with E-state index in [1.807, 2.05) is 73.1 Å². The van der Waals surface area contributed by atoms with Gasteiger partial charge in [-0.2, -0.15) is 0 Å². The molecular weight excluding hydrogens is 562 g/mol. The highest BCUT2D eigenvalue weighted by molar-refractivity contribution is 6.23. The molecule has 0 aliphatic carbocycles. The van der Waals surface area contributed by atoms with Gasteiger partial charge in [-0.05, 0) is 18.2 Å². The summed E-state index contributed by atoms with van der Waals surface area (Å²) in [6.45, 7) is 0. The van der Waals surface area contributed by atoms with Crippen molar-refractivity contribution in [1.29, 1.82) is 0 Å². The first kappa shape index (κ1) is 26.1. The van der Waals surface area contributed by atoms with E-state index in [0.29, 0.717) is 5.82 Å². The highest BCUT2D eigenvalue weighted by Crippen LogP contribution is 2.38. The van der Waals surface area contributed by atoms with Crippen molar-refractivity contribution in [2.45, 2.75) is 0 Å². The maximum Gasteiger partial charge on any atom is 0.160 e. The molecule has 0 aliphatic rings. The van der Waals surface area contributed by atoms with Crippen molar-refractivity contribution in [3.63, 3.8) is 0 Å². The van der Waals surface area contributed by atoms with Gasteiger partial charge >= 0.3 is 0 Å². The summed E-state index contributed by atoms with van der Waals surface area (Å²) in [7, 11) is 0. The fourth-order valence-corrected chi connectivity index (χ4v) is 6.31. The normalized spacial score (nSPS) is 11.5. The van der Waals surface area contributed by atoms with Crippen LogP contribution in [0.25, 0.3) is 88.6 Å². The summed E-state index contributed by atoms with van der Waals surface area (Å²) in [6.07, 6.45) is 3.80. The van der Waals surface area contributed by atoms with E-state index >= 15 is 0 Å². The van der Waals surface area contributed by atoms with Crippen LogP contribution in [0.4, 0.5) is 0 Å². The lowest BCUT2D eigenvalue weighted by atomic mass is 9.96. The average Bonchev–Trinajstić information content (AvgIpc) is 3.14. The molecule has 0 aliphatic heterocycles. The van der Waals surface area contributed by atoms with Crippen LogP contribution in [0.2, 0.25) is 0 Å². The first-order valence-corrected chi connectivity index (χ1v) is 15.3. The van der Waals surface area contributed by atoms with Gasteiger partial charge in [-0.3, -0.25) is 9.97 Å². The van der Waals surface area contributed by atoms with Gasteiger partial charge in [0.05, 0.1) is 33.6 Å². The Morgan fingerprint density at radius 1 is 0.413 bits per heavy atom. The summed E-state index contributed by atoms with van der Waals surface area (Å²) in [5.74, 6) is 0.697. The highest BCUT2D eigenvalue weighted by Gasteiger charge is 2.17. The van der Waals surface area contributed by atoms with Gasteiger partial charge in [0.2, 0.25) is 0 Å². The van der Waals surface area contributed by atoms with Gasteiger partial charge in [-0.15, -0.1) is 0 Å². The van der Waals surface area contributed by atoms with Crippen LogP contribution >= 0.6 is 0 Å². The Morgan fingerprint density at radius 2 is 1.09 bits per heavy atom. The molecule has 0 bridgehead atoms. The molecule has 0 amide bonds. The lowest BCUT2D eigenvalue weighted by Crippen LogP contribution is -1.96. The van der Waals surface area contributed by atoms with E-state index in [0.717, 1.165) is 82.8 Å². The fraction of sp³-hybridized carbons (Fsp3) is 0. The number of pyridine rings is 3. The maximum absolute atomic E-state index is 5.24. The molecular formula is C41H25N5. The van der Waals surface area contributed by atoms with E-state index in [-0.39, 0.29) is 0 Å². The van der Waals surface area contributed by atoms with Gasteiger partial charge in [-0.1, -0.05) is 121 Å². The minimum Gasteiger partial charge on any atom is -0.254 e. The molecule has 5 heteroatoms. The minimum atomic E-state index is 0.697. The van der Waals surface area contributed by atoms with Crippen LogP contribution < -0.4 is 0 Å². The Bertz CT molecular complexity index is 2510. The Balaban J connectivity index is 1.24. The predicted octanol–water partition coefficient (Wildman–Crippen LogP) is 9.94. The number of aromatic nitrogens is 5. The van der Waals surface area contributed by atoms with Crippen molar-refractivity contribution in [2.75, 3.05) is 0 Å². The number of nitrogens with zero attached hydrogens (tertiary/aromatic N) is 5. The van der Waals surface area contributed by atoms with E-state index in [4.69, 9.17) is 19.9 Å². The molecule has 0 N–H and O–H groups in total. The molecule has 0 unspecified atom stereocenters. The molecule has 0 atom stereocenters. The molecule has 0 saturated heterocycles. The van der Waals surface area contributed by atoms with Crippen molar-refractivity contribution >= 4 is 43.5 Å². The fourth-order valence-electron chi connectivity index (χ4n) is 6.31. The SMILES string of the molecule is c1ccc(-c2cc(-c3ccc(-c4nc5ccccc5c5cnc6c(ccc7cccnc76)c45)cc3)nc(-c3ccccc3)n2)cc1. The maximum atomic E-state index is 5.24. The zero-order chi connectivity index (χ0) is 30.5. The van der Waals surface area contributed by atoms with Gasteiger partial charge in [-0.25, -0.2) is 15.0 Å². The third-order valence-electron chi connectivity index (χ3n) is 8.55. The molecule has 9 aromatic rings.